The first kappa shape index (κ1) is 43.8. The second-order valence-corrected chi connectivity index (χ2v) is 19.4. The Hall–Kier alpha value is -6.46. The Kier molecular flexibility index (Phi) is 11.6. The Morgan fingerprint density at radius 2 is 1.69 bits per heavy atom. The number of carbonyl (C=O) groups is 1. The van der Waals surface area contributed by atoms with Crippen LogP contribution in [-0.2, 0) is 10.0 Å². The summed E-state index contributed by atoms with van der Waals surface area (Å²) in [7, 11) is -4.66. The first-order valence-electron chi connectivity index (χ1n) is 21.6. The van der Waals surface area contributed by atoms with Gasteiger partial charge in [-0.1, -0.05) is 42.5 Å². The Balaban J connectivity index is 0.983. The number of aromatic nitrogens is 2. The lowest BCUT2D eigenvalue weighted by molar-refractivity contribution is -0.384. The zero-order valence-electron chi connectivity index (χ0n) is 35.3. The number of nitrogens with zero attached hydrogens (tertiary/aromatic N) is 3. The number of hydrogen-bond acceptors (Lipinski definition) is 10. The Bertz CT molecular complexity index is 2870. The molecule has 65 heavy (non-hydrogen) atoms. The van der Waals surface area contributed by atoms with E-state index in [0.717, 1.165) is 42.9 Å². The highest BCUT2D eigenvalue weighted by atomic mass is 32.2. The lowest BCUT2D eigenvalue weighted by atomic mass is 9.80. The number of aromatic amines is 1. The van der Waals surface area contributed by atoms with Gasteiger partial charge in [0.05, 0.1) is 39.1 Å². The van der Waals surface area contributed by atoms with Crippen LogP contribution >= 0.6 is 0 Å². The molecule has 4 N–H and O–H groups in total. The number of sulfonamides is 1. The number of halogens is 3. The lowest BCUT2D eigenvalue weighted by Crippen LogP contribution is -2.32. The summed E-state index contributed by atoms with van der Waals surface area (Å²) in [4.78, 5) is 34.1. The molecule has 3 aliphatic rings. The standard InChI is InChI=1S/C48H47F3N6O7S/c1-47(59)19-16-29(17-20-47)26-53-41-15-13-37(25-43(41)57(60)61)65(62,63)55-46(58)40-14-10-32(23-44(40)64-36-22-33-18-21-52-45(33)54-27-36)30-8-11-35(12-9-30)56-28-34(48(49,50)51)24-42(56)39-5-3-2-4-38(39)31-6-7-31/h2-5,8-15,18,21-23,25,27,29,31,34,42,53,59H,6-7,16-17,19-20,24,26,28H2,1H3,(H,52,54)(H,55,58). The van der Waals surface area contributed by atoms with E-state index in [0.29, 0.717) is 53.2 Å². The Labute approximate surface area is 373 Å². The minimum absolute atomic E-state index is 0.0324. The molecule has 338 valence electrons. The Morgan fingerprint density at radius 1 is 0.969 bits per heavy atom. The molecule has 6 aromatic rings. The second-order valence-electron chi connectivity index (χ2n) is 17.7. The molecule has 1 amide bonds. The molecular formula is C48H47F3N6O7S. The highest BCUT2D eigenvalue weighted by Gasteiger charge is 2.48. The zero-order chi connectivity index (χ0) is 45.7. The van der Waals surface area contributed by atoms with E-state index >= 15 is 0 Å². The molecule has 2 aliphatic carbocycles. The van der Waals surface area contributed by atoms with Gasteiger partial charge in [0, 0.05) is 36.4 Å². The molecule has 0 radical (unpaired) electrons. The van der Waals surface area contributed by atoms with Crippen LogP contribution in [0.1, 0.15) is 85.3 Å². The van der Waals surface area contributed by atoms with Crippen LogP contribution in [0.3, 0.4) is 0 Å². The van der Waals surface area contributed by atoms with Crippen LogP contribution in [-0.4, -0.2) is 59.2 Å². The van der Waals surface area contributed by atoms with Gasteiger partial charge in [-0.15, -0.1) is 0 Å². The minimum atomic E-state index is -4.66. The van der Waals surface area contributed by atoms with Crippen LogP contribution in [0.25, 0.3) is 22.2 Å². The number of nitrogens with one attached hydrogen (secondary N) is 3. The van der Waals surface area contributed by atoms with Crippen LogP contribution in [0, 0.1) is 22.0 Å². The first-order valence-corrected chi connectivity index (χ1v) is 23.1. The zero-order valence-corrected chi connectivity index (χ0v) is 36.2. The van der Waals surface area contributed by atoms with Crippen molar-refractivity contribution >= 4 is 44.0 Å². The van der Waals surface area contributed by atoms with Gasteiger partial charge < -0.3 is 25.0 Å². The summed E-state index contributed by atoms with van der Waals surface area (Å²) >= 11 is 0. The molecule has 1 aliphatic heterocycles. The van der Waals surface area contributed by atoms with Crippen molar-refractivity contribution in [2.75, 3.05) is 23.3 Å². The number of nitro benzene ring substituents is 1. The fourth-order valence-corrected chi connectivity index (χ4v) is 10.1. The first-order chi connectivity index (χ1) is 31.0. The SMILES string of the molecule is CC1(O)CCC(CNc2ccc(S(=O)(=O)NC(=O)c3ccc(-c4ccc(N5CC(C(F)(F)F)CC5c5ccccc5C5CC5)cc4)cc3Oc3cnc4[nH]ccc4c3)cc2[N+](=O)[O-])CC1. The largest absolute Gasteiger partial charge is 0.455 e. The number of fused-ring (bicyclic) bond motifs is 1. The summed E-state index contributed by atoms with van der Waals surface area (Å²) in [6.07, 6.45) is 3.43. The third kappa shape index (κ3) is 9.52. The van der Waals surface area contributed by atoms with Crippen LogP contribution in [0.2, 0.25) is 0 Å². The smallest absolute Gasteiger partial charge is 0.393 e. The van der Waals surface area contributed by atoms with Crippen molar-refractivity contribution in [2.45, 2.75) is 80.5 Å². The second kappa shape index (κ2) is 17.2. The number of amides is 1. The van der Waals surface area contributed by atoms with E-state index in [2.05, 4.69) is 15.3 Å². The van der Waals surface area contributed by atoms with Crippen molar-refractivity contribution in [3.63, 3.8) is 0 Å². The van der Waals surface area contributed by atoms with Crippen LogP contribution < -0.4 is 19.7 Å². The maximum atomic E-state index is 14.2. The fourth-order valence-electron chi connectivity index (χ4n) is 9.13. The molecule has 9 rings (SSSR count). The van der Waals surface area contributed by atoms with Gasteiger partial charge in [-0.2, -0.15) is 13.2 Å². The highest BCUT2D eigenvalue weighted by molar-refractivity contribution is 7.90. The predicted octanol–water partition coefficient (Wildman–Crippen LogP) is 10.4. The number of nitro groups is 1. The van der Waals surface area contributed by atoms with E-state index in [1.807, 2.05) is 33.9 Å². The summed E-state index contributed by atoms with van der Waals surface area (Å²) < 4.78 is 78.4. The summed E-state index contributed by atoms with van der Waals surface area (Å²) in [6, 6.07) is 25.8. The Morgan fingerprint density at radius 3 is 2.40 bits per heavy atom. The summed E-state index contributed by atoms with van der Waals surface area (Å²) in [5.41, 5.74) is 3.17. The van der Waals surface area contributed by atoms with E-state index < -0.39 is 55.2 Å². The topological polar surface area (TPSA) is 180 Å². The number of benzene rings is 4. The van der Waals surface area contributed by atoms with E-state index in [9.17, 15) is 41.6 Å². The molecule has 1 saturated heterocycles. The van der Waals surface area contributed by atoms with Crippen molar-refractivity contribution in [3.8, 4) is 22.6 Å². The number of ether oxygens (including phenoxy) is 1. The number of carbonyl (C=O) groups excluding carboxylic acids is 1. The van der Waals surface area contributed by atoms with Crippen molar-refractivity contribution in [2.24, 2.45) is 11.8 Å². The average molecular weight is 909 g/mol. The molecule has 3 fully saturated rings. The van der Waals surface area contributed by atoms with Gasteiger partial charge in [-0.05, 0) is 134 Å². The quantitative estimate of drug-likeness (QED) is 0.0643. The van der Waals surface area contributed by atoms with Gasteiger partial charge in [0.1, 0.15) is 22.8 Å². The van der Waals surface area contributed by atoms with Gasteiger partial charge >= 0.3 is 6.18 Å². The van der Waals surface area contributed by atoms with E-state index in [1.165, 1.54) is 24.4 Å². The molecule has 3 heterocycles. The van der Waals surface area contributed by atoms with Gasteiger partial charge in [-0.25, -0.2) is 18.1 Å². The van der Waals surface area contributed by atoms with Crippen molar-refractivity contribution in [1.82, 2.24) is 14.7 Å². The molecule has 17 heteroatoms. The molecule has 13 nitrogen and oxygen atoms in total. The summed E-state index contributed by atoms with van der Waals surface area (Å²) in [5, 5.41) is 26.2. The van der Waals surface area contributed by atoms with Crippen molar-refractivity contribution < 1.29 is 41.2 Å². The summed E-state index contributed by atoms with van der Waals surface area (Å²) in [5.74, 6) is -1.83. The normalized spacial score (nSPS) is 21.3. The maximum absolute atomic E-state index is 14.2. The number of alkyl halides is 3. The summed E-state index contributed by atoms with van der Waals surface area (Å²) in [6.45, 7) is 2.00. The monoisotopic (exact) mass is 908 g/mol. The molecule has 2 atom stereocenters. The van der Waals surface area contributed by atoms with Crippen LogP contribution in [0.15, 0.2) is 114 Å². The van der Waals surface area contributed by atoms with Gasteiger partial charge in [-0.3, -0.25) is 14.9 Å². The van der Waals surface area contributed by atoms with Gasteiger partial charge in [0.15, 0.2) is 0 Å². The lowest BCUT2D eigenvalue weighted by Gasteiger charge is -2.33. The molecule has 4 aromatic carbocycles. The third-order valence-corrected chi connectivity index (χ3v) is 14.3. The molecular weight excluding hydrogens is 862 g/mol. The molecule has 2 saturated carbocycles. The molecule has 0 bridgehead atoms. The predicted molar refractivity (Wildman–Crippen MR) is 240 cm³/mol. The van der Waals surface area contributed by atoms with Crippen LogP contribution in [0.4, 0.5) is 30.2 Å². The van der Waals surface area contributed by atoms with E-state index in [4.69, 9.17) is 4.74 Å². The number of aliphatic hydroxyl groups is 1. The molecule has 2 aromatic heterocycles. The minimum Gasteiger partial charge on any atom is -0.455 e. The number of hydrogen-bond donors (Lipinski definition) is 4. The molecule has 2 unspecified atom stereocenters. The van der Waals surface area contributed by atoms with Gasteiger partial charge in [0.25, 0.3) is 21.6 Å². The average Bonchev–Trinajstić information content (AvgIpc) is 3.84. The third-order valence-electron chi connectivity index (χ3n) is 13.0. The number of anilines is 2. The number of rotatable bonds is 13. The van der Waals surface area contributed by atoms with Gasteiger partial charge in [0.2, 0.25) is 0 Å². The fraction of sp³-hybridized carbons (Fsp3) is 0.333. The molecule has 0 spiro atoms. The van der Waals surface area contributed by atoms with Crippen LogP contribution in [0.5, 0.6) is 11.5 Å². The number of pyridine rings is 1. The van der Waals surface area contributed by atoms with Crippen molar-refractivity contribution in [3.05, 3.63) is 136 Å². The number of H-pyrrole nitrogens is 1. The van der Waals surface area contributed by atoms with E-state index in [1.54, 1.807) is 61.7 Å². The van der Waals surface area contributed by atoms with E-state index in [-0.39, 0.29) is 41.6 Å². The van der Waals surface area contributed by atoms with Crippen molar-refractivity contribution in [1.29, 1.82) is 0 Å². The maximum Gasteiger partial charge on any atom is 0.393 e. The highest BCUT2D eigenvalue weighted by Crippen LogP contribution is 2.50.